The fourth-order valence-electron chi connectivity index (χ4n) is 8.63. The Kier molecular flexibility index (Phi) is 7.74. The number of hydrogen-bond acceptors (Lipinski definition) is 5. The van der Waals surface area contributed by atoms with Crippen LogP contribution in [-0.2, 0) is 0 Å². The molecule has 0 N–H and O–H groups in total. The molecule has 12 rings (SSSR count). The third-order valence-electron chi connectivity index (χ3n) is 11.6. The number of furan rings is 1. The molecule has 12 aromatic rings. The smallest absolute Gasteiger partial charge is 0.164 e. The van der Waals surface area contributed by atoms with E-state index in [4.69, 9.17) is 19.4 Å². The largest absolute Gasteiger partial charge is 0.456 e. The van der Waals surface area contributed by atoms with E-state index in [1.165, 1.54) is 27.2 Å². The predicted octanol–water partition coefficient (Wildman–Crippen LogP) is 13.8. The van der Waals surface area contributed by atoms with Gasteiger partial charge >= 0.3 is 0 Å². The summed E-state index contributed by atoms with van der Waals surface area (Å²) in [5.41, 5.74) is 12.3. The highest BCUT2D eigenvalue weighted by Gasteiger charge is 2.17. The van der Waals surface area contributed by atoms with E-state index in [1.54, 1.807) is 6.20 Å². The van der Waals surface area contributed by atoms with Crippen molar-refractivity contribution < 1.29 is 4.42 Å². The van der Waals surface area contributed by atoms with Gasteiger partial charge in [-0.05, 0) is 93.7 Å². The third-order valence-corrected chi connectivity index (χ3v) is 11.6. The third kappa shape index (κ3) is 5.65. The first-order valence-corrected chi connectivity index (χ1v) is 20.0. The first-order valence-electron chi connectivity index (χ1n) is 20.0. The number of hydrogen-bond donors (Lipinski definition) is 0. The molecule has 0 spiro atoms. The topological polar surface area (TPSA) is 69.6 Å². The Balaban J connectivity index is 0.965. The molecule has 0 radical (unpaired) electrons. The molecule has 60 heavy (non-hydrogen) atoms. The van der Waals surface area contributed by atoms with E-state index in [-0.39, 0.29) is 0 Å². The van der Waals surface area contributed by atoms with Gasteiger partial charge in [-0.15, -0.1) is 0 Å². The highest BCUT2D eigenvalue weighted by molar-refractivity contribution is 6.09. The maximum atomic E-state index is 6.14. The molecule has 0 bridgehead atoms. The van der Waals surface area contributed by atoms with Gasteiger partial charge in [0.15, 0.2) is 17.5 Å². The van der Waals surface area contributed by atoms with Crippen molar-refractivity contribution in [2.24, 2.45) is 0 Å². The summed E-state index contributed by atoms with van der Waals surface area (Å²) in [7, 11) is 0. The molecule has 4 aromatic heterocycles. The number of benzene rings is 8. The minimum Gasteiger partial charge on any atom is -0.456 e. The second-order valence-electron chi connectivity index (χ2n) is 15.1. The van der Waals surface area contributed by atoms with Crippen LogP contribution in [0.3, 0.4) is 0 Å². The normalized spacial score (nSPS) is 11.7. The molecule has 0 saturated heterocycles. The van der Waals surface area contributed by atoms with Gasteiger partial charge in [0.2, 0.25) is 0 Å². The molecule has 280 valence electrons. The Morgan fingerprint density at radius 1 is 0.367 bits per heavy atom. The molecule has 0 aliphatic rings. The minimum atomic E-state index is 0.578. The Morgan fingerprint density at radius 2 is 0.933 bits per heavy atom. The van der Waals surface area contributed by atoms with Crippen LogP contribution in [0.15, 0.2) is 205 Å². The van der Waals surface area contributed by atoms with Crippen molar-refractivity contribution >= 4 is 54.5 Å². The number of nitrogens with zero attached hydrogens (tertiary/aromatic N) is 5. The van der Waals surface area contributed by atoms with E-state index in [2.05, 4.69) is 173 Å². The number of aromatic nitrogens is 5. The highest BCUT2D eigenvalue weighted by Crippen LogP contribution is 2.37. The number of fused-ring (bicyclic) bond motifs is 7. The molecule has 0 amide bonds. The lowest BCUT2D eigenvalue weighted by molar-refractivity contribution is 0.668. The summed E-state index contributed by atoms with van der Waals surface area (Å²) >= 11 is 0. The van der Waals surface area contributed by atoms with Crippen LogP contribution in [0.1, 0.15) is 0 Å². The molecule has 0 aliphatic carbocycles. The second kappa shape index (κ2) is 13.7. The number of rotatable bonds is 6. The average molecular weight is 768 g/mol. The molecular formula is C54H33N5O. The zero-order valence-corrected chi connectivity index (χ0v) is 32.2. The van der Waals surface area contributed by atoms with Gasteiger partial charge in [-0.25, -0.2) is 15.0 Å². The molecule has 6 heteroatoms. The monoisotopic (exact) mass is 767 g/mol. The fraction of sp³-hybridized carbons (Fsp3) is 0. The Hall–Kier alpha value is -8.22. The molecule has 4 heterocycles. The zero-order valence-electron chi connectivity index (χ0n) is 32.2. The molecule has 0 fully saturated rings. The van der Waals surface area contributed by atoms with Crippen LogP contribution >= 0.6 is 0 Å². The highest BCUT2D eigenvalue weighted by atomic mass is 16.3. The molecule has 6 nitrogen and oxygen atoms in total. The summed E-state index contributed by atoms with van der Waals surface area (Å²) in [5, 5.41) is 6.70. The Labute approximate surface area is 344 Å². The summed E-state index contributed by atoms with van der Waals surface area (Å²) in [6.45, 7) is 0. The van der Waals surface area contributed by atoms with Crippen molar-refractivity contribution in [3.05, 3.63) is 200 Å². The standard InChI is InChI=1S/C54H33N5O/c1-2-10-36(11-3-1)45-32-40(30-38-12-4-5-13-42(38)45)54-57-52(56-53(58-54)39-24-27-50-46(31-39)47-33-55-29-28-51(47)60-50)37-20-18-34(19-21-37)35-22-25-41(26-23-35)59-48-16-8-6-14-43(48)44-15-7-9-17-49(44)59/h1-33H. The van der Waals surface area contributed by atoms with Gasteiger partial charge in [-0.2, -0.15) is 0 Å². The molecule has 0 aliphatic heterocycles. The molecule has 0 saturated carbocycles. The number of pyridine rings is 1. The quantitative estimate of drug-likeness (QED) is 0.168. The van der Waals surface area contributed by atoms with Gasteiger partial charge in [0.05, 0.1) is 11.0 Å². The van der Waals surface area contributed by atoms with Crippen molar-refractivity contribution in [2.45, 2.75) is 0 Å². The van der Waals surface area contributed by atoms with Crippen LogP contribution in [0, 0.1) is 0 Å². The van der Waals surface area contributed by atoms with E-state index >= 15 is 0 Å². The second-order valence-corrected chi connectivity index (χ2v) is 15.1. The average Bonchev–Trinajstić information content (AvgIpc) is 3.87. The molecule has 0 atom stereocenters. The van der Waals surface area contributed by atoms with Crippen molar-refractivity contribution in [1.82, 2.24) is 24.5 Å². The molecule has 8 aromatic carbocycles. The van der Waals surface area contributed by atoms with Crippen LogP contribution in [0.5, 0.6) is 0 Å². The summed E-state index contributed by atoms with van der Waals surface area (Å²) in [4.78, 5) is 19.9. The SMILES string of the molecule is c1ccc(-c2cc(-c3nc(-c4ccc(-c5ccc(-n6c7ccccc7c7ccccc76)cc5)cc4)nc(-c4ccc5oc6ccncc6c5c4)n3)cc3ccccc23)cc1. The van der Waals surface area contributed by atoms with Gasteiger partial charge in [0, 0.05) is 56.3 Å². The van der Waals surface area contributed by atoms with Gasteiger partial charge in [0.25, 0.3) is 0 Å². The van der Waals surface area contributed by atoms with Crippen molar-refractivity contribution in [2.75, 3.05) is 0 Å². The van der Waals surface area contributed by atoms with E-state index in [9.17, 15) is 0 Å². The summed E-state index contributed by atoms with van der Waals surface area (Å²) in [5.74, 6) is 1.77. The lowest BCUT2D eigenvalue weighted by Crippen LogP contribution is -2.00. The molecular weight excluding hydrogens is 735 g/mol. The van der Waals surface area contributed by atoms with Gasteiger partial charge < -0.3 is 8.98 Å². The van der Waals surface area contributed by atoms with Crippen LogP contribution < -0.4 is 0 Å². The van der Waals surface area contributed by atoms with Crippen LogP contribution in [0.2, 0.25) is 0 Å². The van der Waals surface area contributed by atoms with Gasteiger partial charge in [0.1, 0.15) is 11.2 Å². The van der Waals surface area contributed by atoms with Crippen molar-refractivity contribution in [1.29, 1.82) is 0 Å². The summed E-state index contributed by atoms with van der Waals surface area (Å²) in [6.07, 6.45) is 3.59. The van der Waals surface area contributed by atoms with Crippen LogP contribution in [-0.4, -0.2) is 24.5 Å². The Morgan fingerprint density at radius 3 is 1.67 bits per heavy atom. The van der Waals surface area contributed by atoms with E-state index in [0.717, 1.165) is 72.0 Å². The fourth-order valence-corrected chi connectivity index (χ4v) is 8.63. The molecule has 0 unspecified atom stereocenters. The van der Waals surface area contributed by atoms with E-state index in [0.29, 0.717) is 17.5 Å². The lowest BCUT2D eigenvalue weighted by atomic mass is 9.95. The van der Waals surface area contributed by atoms with Crippen LogP contribution in [0.4, 0.5) is 0 Å². The van der Waals surface area contributed by atoms with Crippen molar-refractivity contribution in [3.63, 3.8) is 0 Å². The van der Waals surface area contributed by atoms with Crippen LogP contribution in [0.25, 0.3) is 117 Å². The van der Waals surface area contributed by atoms with Gasteiger partial charge in [-0.3, -0.25) is 4.98 Å². The van der Waals surface area contributed by atoms with E-state index in [1.807, 2.05) is 30.5 Å². The maximum absolute atomic E-state index is 6.14. The van der Waals surface area contributed by atoms with E-state index < -0.39 is 0 Å². The number of para-hydroxylation sites is 2. The maximum Gasteiger partial charge on any atom is 0.164 e. The minimum absolute atomic E-state index is 0.578. The summed E-state index contributed by atoms with van der Waals surface area (Å²) in [6, 6.07) is 65.8. The first-order chi connectivity index (χ1) is 29.7. The predicted molar refractivity (Wildman–Crippen MR) is 244 cm³/mol. The lowest BCUT2D eigenvalue weighted by Gasteiger charge is -2.13. The van der Waals surface area contributed by atoms with Crippen molar-refractivity contribution in [3.8, 4) is 62.1 Å². The summed E-state index contributed by atoms with van der Waals surface area (Å²) < 4.78 is 8.48. The first kappa shape index (κ1) is 33.9. The zero-order chi connectivity index (χ0) is 39.6. The Bertz CT molecular complexity index is 3540. The van der Waals surface area contributed by atoms with Gasteiger partial charge in [-0.1, -0.05) is 127 Å².